The minimum absolute atomic E-state index is 0.0411. The maximum absolute atomic E-state index is 11.0. The largest absolute Gasteiger partial charge is 0.366 e. The van der Waals surface area contributed by atoms with Gasteiger partial charge < -0.3 is 10.3 Å². The molecule has 0 heterocycles. The lowest BCUT2D eigenvalue weighted by Crippen LogP contribution is -2.21. The van der Waals surface area contributed by atoms with Crippen molar-refractivity contribution < 1.29 is 4.92 Å². The number of hydrogen-bond donors (Lipinski definition) is 2. The highest BCUT2D eigenvalue weighted by atomic mass is 16.6. The van der Waals surface area contributed by atoms with E-state index in [1.165, 1.54) is 0 Å². The van der Waals surface area contributed by atoms with E-state index in [2.05, 4.69) is 5.43 Å². The summed E-state index contributed by atoms with van der Waals surface area (Å²) in [5.74, 6) is 5.28. The van der Waals surface area contributed by atoms with Crippen LogP contribution in [0.25, 0.3) is 0 Å². The van der Waals surface area contributed by atoms with Crippen LogP contribution in [0.3, 0.4) is 0 Å². The Balaban J connectivity index is 2.45. The van der Waals surface area contributed by atoms with Crippen LogP contribution in [0.15, 0.2) is 18.2 Å². The average molecular weight is 222 g/mol. The number of hydrogen-bond acceptors (Lipinski definition) is 5. The van der Waals surface area contributed by atoms with Crippen molar-refractivity contribution in [2.24, 2.45) is 5.84 Å². The minimum Gasteiger partial charge on any atom is -0.366 e. The maximum atomic E-state index is 11.0. The van der Waals surface area contributed by atoms with E-state index in [0.717, 1.165) is 12.8 Å². The van der Waals surface area contributed by atoms with E-state index in [0.29, 0.717) is 17.4 Å². The molecule has 86 valence electrons. The number of nitrogens with one attached hydrogen (secondary N) is 1. The zero-order valence-electron chi connectivity index (χ0n) is 9.01. The summed E-state index contributed by atoms with van der Waals surface area (Å²) >= 11 is 0. The number of nitrogens with two attached hydrogens (primary N) is 1. The Morgan fingerprint density at radius 1 is 1.56 bits per heavy atom. The fraction of sp³-hybridized carbons (Fsp3) is 0.400. The van der Waals surface area contributed by atoms with Crippen LogP contribution in [0.4, 0.5) is 17.1 Å². The third-order valence-electron chi connectivity index (χ3n) is 2.83. The number of nitrogen functional groups attached to an aromatic ring is 1. The lowest BCUT2D eigenvalue weighted by Gasteiger charge is -2.19. The summed E-state index contributed by atoms with van der Waals surface area (Å²) in [6.45, 7) is 0. The van der Waals surface area contributed by atoms with Crippen molar-refractivity contribution in [1.82, 2.24) is 0 Å². The first-order valence-electron chi connectivity index (χ1n) is 5.12. The van der Waals surface area contributed by atoms with E-state index in [1.807, 2.05) is 11.9 Å². The molecule has 0 saturated heterocycles. The van der Waals surface area contributed by atoms with Gasteiger partial charge in [0, 0.05) is 13.1 Å². The van der Waals surface area contributed by atoms with Gasteiger partial charge in [-0.2, -0.15) is 0 Å². The molecule has 6 nitrogen and oxygen atoms in total. The smallest absolute Gasteiger partial charge is 0.316 e. The molecule has 1 aromatic rings. The Bertz CT molecular complexity index is 417. The van der Waals surface area contributed by atoms with Gasteiger partial charge in [0.1, 0.15) is 11.4 Å². The summed E-state index contributed by atoms with van der Waals surface area (Å²) in [5.41, 5.74) is 3.36. The molecule has 0 radical (unpaired) electrons. The van der Waals surface area contributed by atoms with Gasteiger partial charge in [-0.15, -0.1) is 0 Å². The number of para-hydroxylation sites is 1. The molecule has 1 aliphatic rings. The molecule has 0 amide bonds. The molecule has 0 bridgehead atoms. The third kappa shape index (κ3) is 1.79. The number of benzene rings is 1. The number of rotatable bonds is 4. The third-order valence-corrected chi connectivity index (χ3v) is 2.83. The monoisotopic (exact) mass is 222 g/mol. The standard InChI is InChI=1S/C10H14N4O2/c1-13(7-5-6-7)9-4-2-3-8(12-11)10(9)14(15)16/h2-4,7,12H,5-6,11H2,1H3. The highest BCUT2D eigenvalue weighted by molar-refractivity contribution is 5.77. The molecule has 0 aromatic heterocycles. The quantitative estimate of drug-likeness (QED) is 0.458. The Kier molecular flexibility index (Phi) is 2.66. The lowest BCUT2D eigenvalue weighted by atomic mass is 10.2. The Labute approximate surface area is 93.2 Å². The fourth-order valence-electron chi connectivity index (χ4n) is 1.78. The van der Waals surface area contributed by atoms with Crippen LogP contribution in [0, 0.1) is 10.1 Å². The van der Waals surface area contributed by atoms with Crippen molar-refractivity contribution in [3.8, 4) is 0 Å². The normalized spacial score (nSPS) is 14.6. The van der Waals surface area contributed by atoms with E-state index in [9.17, 15) is 10.1 Å². The van der Waals surface area contributed by atoms with Crippen LogP contribution in [-0.2, 0) is 0 Å². The molecule has 1 saturated carbocycles. The van der Waals surface area contributed by atoms with Gasteiger partial charge in [-0.3, -0.25) is 16.0 Å². The van der Waals surface area contributed by atoms with Gasteiger partial charge in [0.25, 0.3) is 0 Å². The highest BCUT2D eigenvalue weighted by Crippen LogP contribution is 2.39. The van der Waals surface area contributed by atoms with Crippen LogP contribution >= 0.6 is 0 Å². The van der Waals surface area contributed by atoms with Crippen LogP contribution < -0.4 is 16.2 Å². The average Bonchev–Trinajstić information content (AvgIpc) is 3.10. The van der Waals surface area contributed by atoms with Crippen molar-refractivity contribution in [3.05, 3.63) is 28.3 Å². The van der Waals surface area contributed by atoms with Gasteiger partial charge in [-0.25, -0.2) is 0 Å². The Hall–Kier alpha value is -1.82. The summed E-state index contributed by atoms with van der Waals surface area (Å²) < 4.78 is 0. The molecule has 0 atom stereocenters. The summed E-state index contributed by atoms with van der Waals surface area (Å²) in [4.78, 5) is 12.6. The van der Waals surface area contributed by atoms with E-state index >= 15 is 0 Å². The lowest BCUT2D eigenvalue weighted by molar-refractivity contribution is -0.383. The van der Waals surface area contributed by atoms with Crippen molar-refractivity contribution in [2.45, 2.75) is 18.9 Å². The second kappa shape index (κ2) is 3.97. The van der Waals surface area contributed by atoms with Crippen molar-refractivity contribution in [3.63, 3.8) is 0 Å². The molecule has 1 fully saturated rings. The molecule has 16 heavy (non-hydrogen) atoms. The number of nitro groups is 1. The van der Waals surface area contributed by atoms with Crippen LogP contribution in [0.5, 0.6) is 0 Å². The van der Waals surface area contributed by atoms with E-state index in [-0.39, 0.29) is 5.69 Å². The molecule has 0 spiro atoms. The number of anilines is 2. The van der Waals surface area contributed by atoms with Crippen LogP contribution in [-0.4, -0.2) is 18.0 Å². The van der Waals surface area contributed by atoms with E-state index < -0.39 is 4.92 Å². The predicted octanol–water partition coefficient (Wildman–Crippen LogP) is 1.48. The second-order valence-electron chi connectivity index (χ2n) is 3.92. The summed E-state index contributed by atoms with van der Waals surface area (Å²) in [5, 5.41) is 11.0. The second-order valence-corrected chi connectivity index (χ2v) is 3.92. The molecular weight excluding hydrogens is 208 g/mol. The SMILES string of the molecule is CN(c1cccc(NN)c1[N+](=O)[O-])C1CC1. The zero-order valence-corrected chi connectivity index (χ0v) is 9.01. The molecule has 1 aliphatic carbocycles. The van der Waals surface area contributed by atoms with Gasteiger partial charge in [-0.1, -0.05) is 6.07 Å². The first kappa shape index (κ1) is 10.7. The molecule has 6 heteroatoms. The highest BCUT2D eigenvalue weighted by Gasteiger charge is 2.31. The van der Waals surface area contributed by atoms with Crippen molar-refractivity contribution in [1.29, 1.82) is 0 Å². The van der Waals surface area contributed by atoms with E-state index in [1.54, 1.807) is 18.2 Å². The number of nitro benzene ring substituents is 1. The Morgan fingerprint density at radius 3 is 2.75 bits per heavy atom. The molecular formula is C10H14N4O2. The molecule has 2 rings (SSSR count). The zero-order chi connectivity index (χ0) is 11.7. The first-order valence-corrected chi connectivity index (χ1v) is 5.12. The van der Waals surface area contributed by atoms with E-state index in [4.69, 9.17) is 5.84 Å². The summed E-state index contributed by atoms with van der Waals surface area (Å²) in [6, 6.07) is 5.53. The summed E-state index contributed by atoms with van der Waals surface area (Å²) in [7, 11) is 1.88. The van der Waals surface area contributed by atoms with Crippen molar-refractivity contribution >= 4 is 17.1 Å². The van der Waals surface area contributed by atoms with Crippen molar-refractivity contribution in [2.75, 3.05) is 17.4 Å². The first-order chi connectivity index (χ1) is 7.65. The molecule has 3 N–H and O–H groups in total. The fourth-order valence-corrected chi connectivity index (χ4v) is 1.78. The number of hydrazine groups is 1. The predicted molar refractivity (Wildman–Crippen MR) is 62.3 cm³/mol. The van der Waals surface area contributed by atoms with Gasteiger partial charge in [0.2, 0.25) is 0 Å². The van der Waals surface area contributed by atoms with Gasteiger partial charge in [0.15, 0.2) is 0 Å². The molecule has 0 unspecified atom stereocenters. The minimum atomic E-state index is -0.399. The van der Waals surface area contributed by atoms with Crippen LogP contribution in [0.1, 0.15) is 12.8 Å². The topological polar surface area (TPSA) is 84.4 Å². The Morgan fingerprint density at radius 2 is 2.25 bits per heavy atom. The van der Waals surface area contributed by atoms with Crippen LogP contribution in [0.2, 0.25) is 0 Å². The number of nitrogens with zero attached hydrogens (tertiary/aromatic N) is 2. The van der Waals surface area contributed by atoms with Gasteiger partial charge in [-0.05, 0) is 25.0 Å². The molecule has 0 aliphatic heterocycles. The molecule has 1 aromatic carbocycles. The summed E-state index contributed by atoms with van der Waals surface area (Å²) in [6.07, 6.45) is 2.18. The van der Waals surface area contributed by atoms with Gasteiger partial charge >= 0.3 is 5.69 Å². The van der Waals surface area contributed by atoms with Gasteiger partial charge in [0.05, 0.1) is 4.92 Å². The maximum Gasteiger partial charge on any atom is 0.316 e.